The SMILES string of the molecule is Cc1cnc(N2CC(C(F)(F)F)C2)s1. The molecule has 6 heteroatoms. The Morgan fingerprint density at radius 1 is 1.50 bits per heavy atom. The van der Waals surface area contributed by atoms with Gasteiger partial charge in [-0.05, 0) is 6.92 Å². The highest BCUT2D eigenvalue weighted by atomic mass is 32.1. The normalized spacial score (nSPS) is 18.4. The fraction of sp³-hybridized carbons (Fsp3) is 0.625. The van der Waals surface area contributed by atoms with Crippen LogP contribution in [0.4, 0.5) is 18.3 Å². The molecule has 2 heterocycles. The van der Waals surface area contributed by atoms with Gasteiger partial charge in [-0.25, -0.2) is 4.98 Å². The second kappa shape index (κ2) is 3.12. The maximum Gasteiger partial charge on any atom is 0.395 e. The summed E-state index contributed by atoms with van der Waals surface area (Å²) in [7, 11) is 0. The van der Waals surface area contributed by atoms with E-state index < -0.39 is 12.1 Å². The molecule has 2 nitrogen and oxygen atoms in total. The van der Waals surface area contributed by atoms with E-state index in [-0.39, 0.29) is 13.1 Å². The van der Waals surface area contributed by atoms with Crippen LogP contribution >= 0.6 is 11.3 Å². The molecule has 0 amide bonds. The van der Waals surface area contributed by atoms with Crippen molar-refractivity contribution >= 4 is 16.5 Å². The van der Waals surface area contributed by atoms with Gasteiger partial charge in [0.15, 0.2) is 5.13 Å². The molecule has 14 heavy (non-hydrogen) atoms. The van der Waals surface area contributed by atoms with Crippen molar-refractivity contribution in [3.63, 3.8) is 0 Å². The van der Waals surface area contributed by atoms with Gasteiger partial charge < -0.3 is 4.90 Å². The van der Waals surface area contributed by atoms with Crippen molar-refractivity contribution in [2.24, 2.45) is 5.92 Å². The summed E-state index contributed by atoms with van der Waals surface area (Å²) >= 11 is 1.43. The van der Waals surface area contributed by atoms with E-state index >= 15 is 0 Å². The number of thiazole rings is 1. The maximum atomic E-state index is 12.2. The van der Waals surface area contributed by atoms with Crippen LogP contribution in [0.3, 0.4) is 0 Å². The molecule has 1 aromatic rings. The highest BCUT2D eigenvalue weighted by molar-refractivity contribution is 7.15. The maximum absolute atomic E-state index is 12.2. The molecular weight excluding hydrogens is 213 g/mol. The third kappa shape index (κ3) is 1.70. The average Bonchev–Trinajstić information content (AvgIpc) is 2.28. The lowest BCUT2D eigenvalue weighted by Crippen LogP contribution is -2.53. The number of aryl methyl sites for hydroxylation is 1. The third-order valence-corrected chi connectivity index (χ3v) is 3.20. The molecule has 0 aliphatic carbocycles. The van der Waals surface area contributed by atoms with Gasteiger partial charge in [0, 0.05) is 24.2 Å². The molecule has 0 bridgehead atoms. The van der Waals surface area contributed by atoms with Crippen molar-refractivity contribution in [1.29, 1.82) is 0 Å². The first kappa shape index (κ1) is 9.76. The number of hydrogen-bond donors (Lipinski definition) is 0. The van der Waals surface area contributed by atoms with Gasteiger partial charge in [0.25, 0.3) is 0 Å². The standard InChI is InChI=1S/C8H9F3N2S/c1-5-2-12-7(14-5)13-3-6(4-13)8(9,10)11/h2,6H,3-4H2,1H3. The largest absolute Gasteiger partial charge is 0.395 e. The van der Waals surface area contributed by atoms with E-state index in [1.54, 1.807) is 11.1 Å². The molecule has 0 unspecified atom stereocenters. The van der Waals surface area contributed by atoms with Crippen LogP contribution in [0.1, 0.15) is 4.88 Å². The molecule has 1 aromatic heterocycles. The monoisotopic (exact) mass is 222 g/mol. The number of hydrogen-bond acceptors (Lipinski definition) is 3. The van der Waals surface area contributed by atoms with E-state index in [9.17, 15) is 13.2 Å². The quantitative estimate of drug-likeness (QED) is 0.725. The summed E-state index contributed by atoms with van der Waals surface area (Å²) in [4.78, 5) is 6.72. The summed E-state index contributed by atoms with van der Waals surface area (Å²) in [5.74, 6) is -1.17. The molecule has 1 aliphatic heterocycles. The molecule has 0 aromatic carbocycles. The fourth-order valence-electron chi connectivity index (χ4n) is 1.33. The van der Waals surface area contributed by atoms with E-state index in [1.807, 2.05) is 6.92 Å². The molecular formula is C8H9F3N2S. The van der Waals surface area contributed by atoms with E-state index in [4.69, 9.17) is 0 Å². The first-order valence-electron chi connectivity index (χ1n) is 4.21. The molecule has 1 fully saturated rings. The molecule has 0 N–H and O–H groups in total. The highest BCUT2D eigenvalue weighted by Crippen LogP contribution is 2.37. The fourth-order valence-corrected chi connectivity index (χ4v) is 2.11. The van der Waals surface area contributed by atoms with Crippen molar-refractivity contribution < 1.29 is 13.2 Å². The number of anilines is 1. The predicted octanol–water partition coefficient (Wildman–Crippen LogP) is 2.45. The van der Waals surface area contributed by atoms with Gasteiger partial charge >= 0.3 is 6.18 Å². The Morgan fingerprint density at radius 3 is 2.57 bits per heavy atom. The van der Waals surface area contributed by atoms with E-state index in [0.717, 1.165) is 4.88 Å². The summed E-state index contributed by atoms with van der Waals surface area (Å²) in [5, 5.41) is 0.697. The molecule has 0 spiro atoms. The van der Waals surface area contributed by atoms with Crippen molar-refractivity contribution in [3.8, 4) is 0 Å². The van der Waals surface area contributed by atoms with Crippen molar-refractivity contribution in [2.45, 2.75) is 13.1 Å². The first-order valence-corrected chi connectivity index (χ1v) is 5.02. The second-order valence-electron chi connectivity index (χ2n) is 3.40. The Morgan fingerprint density at radius 2 is 2.14 bits per heavy atom. The zero-order valence-electron chi connectivity index (χ0n) is 7.51. The molecule has 78 valence electrons. The number of aromatic nitrogens is 1. The smallest absolute Gasteiger partial charge is 0.347 e. The molecule has 2 rings (SSSR count). The Hall–Kier alpha value is -0.780. The molecule has 0 saturated carbocycles. The van der Waals surface area contributed by atoms with Crippen LogP contribution in [0.25, 0.3) is 0 Å². The van der Waals surface area contributed by atoms with Crippen LogP contribution < -0.4 is 4.90 Å². The predicted molar refractivity (Wildman–Crippen MR) is 48.6 cm³/mol. The molecule has 1 saturated heterocycles. The topological polar surface area (TPSA) is 16.1 Å². The zero-order valence-corrected chi connectivity index (χ0v) is 8.32. The van der Waals surface area contributed by atoms with E-state index in [2.05, 4.69) is 4.98 Å². The molecule has 1 aliphatic rings. The lowest BCUT2D eigenvalue weighted by molar-refractivity contribution is -0.180. The summed E-state index contributed by atoms with van der Waals surface area (Å²) < 4.78 is 36.5. The first-order chi connectivity index (χ1) is 6.47. The summed E-state index contributed by atoms with van der Waals surface area (Å²) in [6, 6.07) is 0. The summed E-state index contributed by atoms with van der Waals surface area (Å²) in [5.41, 5.74) is 0. The average molecular weight is 222 g/mol. The lowest BCUT2D eigenvalue weighted by atomic mass is 10.0. The zero-order chi connectivity index (χ0) is 10.3. The van der Waals surface area contributed by atoms with Crippen LogP contribution in [0, 0.1) is 12.8 Å². The number of halogens is 3. The van der Waals surface area contributed by atoms with Gasteiger partial charge in [-0.15, -0.1) is 11.3 Å². The van der Waals surface area contributed by atoms with Crippen LogP contribution in [0.2, 0.25) is 0 Å². The number of alkyl halides is 3. The number of nitrogens with zero attached hydrogens (tertiary/aromatic N) is 2. The van der Waals surface area contributed by atoms with Crippen molar-refractivity contribution in [2.75, 3.05) is 18.0 Å². The third-order valence-electron chi connectivity index (χ3n) is 2.22. The minimum atomic E-state index is -4.05. The molecule has 0 radical (unpaired) electrons. The second-order valence-corrected chi connectivity index (χ2v) is 4.61. The van der Waals surface area contributed by atoms with Gasteiger partial charge in [0.05, 0.1) is 5.92 Å². The van der Waals surface area contributed by atoms with Crippen LogP contribution in [0.5, 0.6) is 0 Å². The Balaban J connectivity index is 1.95. The van der Waals surface area contributed by atoms with Gasteiger partial charge in [0.2, 0.25) is 0 Å². The van der Waals surface area contributed by atoms with Gasteiger partial charge in [-0.2, -0.15) is 13.2 Å². The Bertz CT molecular complexity index is 328. The Kier molecular flexibility index (Phi) is 2.17. The van der Waals surface area contributed by atoms with Crippen LogP contribution in [0.15, 0.2) is 6.20 Å². The van der Waals surface area contributed by atoms with Crippen LogP contribution in [-0.2, 0) is 0 Å². The van der Waals surface area contributed by atoms with Crippen molar-refractivity contribution in [1.82, 2.24) is 4.98 Å². The molecule has 0 atom stereocenters. The summed E-state index contributed by atoms with van der Waals surface area (Å²) in [6.07, 6.45) is -2.37. The highest BCUT2D eigenvalue weighted by Gasteiger charge is 2.47. The van der Waals surface area contributed by atoms with Crippen LogP contribution in [-0.4, -0.2) is 24.2 Å². The van der Waals surface area contributed by atoms with Gasteiger partial charge in [0.1, 0.15) is 0 Å². The lowest BCUT2D eigenvalue weighted by Gasteiger charge is -2.39. The van der Waals surface area contributed by atoms with E-state index in [0.29, 0.717) is 5.13 Å². The van der Waals surface area contributed by atoms with Gasteiger partial charge in [-0.1, -0.05) is 0 Å². The number of rotatable bonds is 1. The van der Waals surface area contributed by atoms with Gasteiger partial charge in [-0.3, -0.25) is 0 Å². The van der Waals surface area contributed by atoms with E-state index in [1.165, 1.54) is 11.3 Å². The van der Waals surface area contributed by atoms with Crippen molar-refractivity contribution in [3.05, 3.63) is 11.1 Å². The minimum Gasteiger partial charge on any atom is -0.347 e. The summed E-state index contributed by atoms with van der Waals surface area (Å²) in [6.45, 7) is 2.00. The minimum absolute atomic E-state index is 0.0520. The Labute approximate surface area is 83.4 Å².